The van der Waals surface area contributed by atoms with E-state index in [4.69, 9.17) is 19.2 Å². The summed E-state index contributed by atoms with van der Waals surface area (Å²) in [5.74, 6) is 0.00965. The smallest absolute Gasteiger partial charge is 0.338 e. The first-order valence-corrected chi connectivity index (χ1v) is 14.7. The van der Waals surface area contributed by atoms with Crippen LogP contribution in [-0.2, 0) is 20.8 Å². The Morgan fingerprint density at radius 2 is 1.72 bits per heavy atom. The number of carbonyl (C=O) groups is 1. The van der Waals surface area contributed by atoms with Gasteiger partial charge in [0.1, 0.15) is 18.4 Å². The molecule has 218 valence electrons. The van der Waals surface area contributed by atoms with E-state index in [1.54, 1.807) is 25.7 Å². The van der Waals surface area contributed by atoms with Crippen LogP contribution in [0.4, 0.5) is 0 Å². The second-order valence-corrected chi connectivity index (χ2v) is 11.2. The zero-order chi connectivity index (χ0) is 29.9. The number of aromatic nitrogens is 2. The summed E-state index contributed by atoms with van der Waals surface area (Å²) in [5.41, 5.74) is 4.41. The Kier molecular flexibility index (Phi) is 8.09. The minimum Gasteiger partial charge on any atom is -0.496 e. The number of rotatable bonds is 9. The normalized spacial score (nSPS) is 15.0. The molecule has 0 radical (unpaired) electrons. The highest BCUT2D eigenvalue weighted by atomic mass is 32.1. The van der Waals surface area contributed by atoms with Gasteiger partial charge >= 0.3 is 5.97 Å². The molecule has 1 aliphatic rings. The number of para-hydroxylation sites is 2. The highest BCUT2D eigenvalue weighted by Crippen LogP contribution is 2.35. The van der Waals surface area contributed by atoms with Crippen molar-refractivity contribution >= 4 is 34.3 Å². The Bertz CT molecular complexity index is 2020. The molecule has 1 aliphatic heterocycles. The molecule has 2 aromatic heterocycles. The molecule has 43 heavy (non-hydrogen) atoms. The first-order chi connectivity index (χ1) is 21.0. The summed E-state index contributed by atoms with van der Waals surface area (Å²) in [6.45, 7) is 2.82. The third-order valence-corrected chi connectivity index (χ3v) is 8.48. The van der Waals surface area contributed by atoms with Gasteiger partial charge in [-0.3, -0.25) is 9.36 Å². The summed E-state index contributed by atoms with van der Waals surface area (Å²) in [4.78, 5) is 32.9. The second kappa shape index (κ2) is 12.2. The molecule has 9 heteroatoms. The molecular weight excluding hydrogens is 562 g/mol. The number of hydrogen-bond donors (Lipinski definition) is 0. The van der Waals surface area contributed by atoms with E-state index in [0.717, 1.165) is 16.5 Å². The lowest BCUT2D eigenvalue weighted by Gasteiger charge is -2.26. The van der Waals surface area contributed by atoms with Crippen molar-refractivity contribution in [3.8, 4) is 5.75 Å². The Hall–Kier alpha value is -4.73. The Balaban J connectivity index is 1.51. The van der Waals surface area contributed by atoms with Crippen LogP contribution in [0.25, 0.3) is 17.0 Å². The molecule has 0 bridgehead atoms. The van der Waals surface area contributed by atoms with Crippen molar-refractivity contribution in [2.45, 2.75) is 19.5 Å². The van der Waals surface area contributed by atoms with Crippen molar-refractivity contribution < 1.29 is 19.0 Å². The fraction of sp³-hybridized carbons (Fsp3) is 0.206. The van der Waals surface area contributed by atoms with E-state index < -0.39 is 12.0 Å². The van der Waals surface area contributed by atoms with Crippen LogP contribution in [0.5, 0.6) is 5.75 Å². The molecule has 8 nitrogen and oxygen atoms in total. The fourth-order valence-corrected chi connectivity index (χ4v) is 6.54. The van der Waals surface area contributed by atoms with E-state index in [-0.39, 0.29) is 18.8 Å². The van der Waals surface area contributed by atoms with E-state index in [1.165, 1.54) is 16.9 Å². The number of carbonyl (C=O) groups excluding carboxylic acids is 1. The predicted octanol–water partition coefficient (Wildman–Crippen LogP) is 4.44. The molecule has 5 aromatic rings. The molecule has 1 atom stereocenters. The molecule has 0 saturated heterocycles. The number of nitrogens with zero attached hydrogens (tertiary/aromatic N) is 3. The molecule has 3 aromatic carbocycles. The summed E-state index contributed by atoms with van der Waals surface area (Å²) < 4.78 is 20.6. The van der Waals surface area contributed by atoms with Gasteiger partial charge in [-0.25, -0.2) is 9.79 Å². The predicted molar refractivity (Wildman–Crippen MR) is 167 cm³/mol. The molecule has 0 aliphatic carbocycles. The summed E-state index contributed by atoms with van der Waals surface area (Å²) in [7, 11) is 3.11. The van der Waals surface area contributed by atoms with Crippen molar-refractivity contribution in [3.63, 3.8) is 0 Å². The van der Waals surface area contributed by atoms with E-state index in [9.17, 15) is 9.59 Å². The fourth-order valence-electron chi connectivity index (χ4n) is 5.51. The van der Waals surface area contributed by atoms with Crippen LogP contribution in [0.1, 0.15) is 29.7 Å². The monoisotopic (exact) mass is 593 g/mol. The van der Waals surface area contributed by atoms with Gasteiger partial charge in [0.05, 0.1) is 29.5 Å². The lowest BCUT2D eigenvalue weighted by atomic mass is 9.95. The van der Waals surface area contributed by atoms with Gasteiger partial charge in [0.2, 0.25) is 0 Å². The van der Waals surface area contributed by atoms with Gasteiger partial charge in [0, 0.05) is 41.9 Å². The molecule has 0 saturated carbocycles. The van der Waals surface area contributed by atoms with Gasteiger partial charge in [-0.05, 0) is 30.7 Å². The van der Waals surface area contributed by atoms with Crippen molar-refractivity contribution in [2.75, 3.05) is 27.4 Å². The van der Waals surface area contributed by atoms with Gasteiger partial charge in [0.15, 0.2) is 4.80 Å². The number of allylic oxidation sites excluding steroid dienone is 1. The topological polar surface area (TPSA) is 84.0 Å². The summed E-state index contributed by atoms with van der Waals surface area (Å²) in [6.07, 6.45) is 4.00. The minimum absolute atomic E-state index is 0.0855. The lowest BCUT2D eigenvalue weighted by molar-refractivity contribution is -0.140. The number of benzene rings is 3. The van der Waals surface area contributed by atoms with Crippen LogP contribution in [0, 0.1) is 0 Å². The van der Waals surface area contributed by atoms with Gasteiger partial charge in [-0.1, -0.05) is 78.1 Å². The Labute approximate surface area is 252 Å². The molecule has 0 fully saturated rings. The maximum absolute atomic E-state index is 14.2. The maximum Gasteiger partial charge on any atom is 0.338 e. The number of ether oxygens (including phenoxy) is 3. The van der Waals surface area contributed by atoms with Crippen molar-refractivity contribution in [3.05, 3.63) is 133 Å². The molecular formula is C34H31N3O5S. The zero-order valence-corrected chi connectivity index (χ0v) is 25.0. The molecule has 3 heterocycles. The van der Waals surface area contributed by atoms with Crippen LogP contribution in [-0.4, -0.2) is 42.5 Å². The SMILES string of the molecule is COCCOC(=O)C1=C(C)N=c2sc(=Cc3cn(Cc4ccccc4)c4ccccc34)c(=O)n2C1c1ccccc1OC. The quantitative estimate of drug-likeness (QED) is 0.187. The molecule has 0 amide bonds. The highest BCUT2D eigenvalue weighted by Gasteiger charge is 2.35. The number of methoxy groups -OCH3 is 2. The van der Waals surface area contributed by atoms with Crippen LogP contribution in [0.3, 0.4) is 0 Å². The molecule has 6 rings (SSSR count). The van der Waals surface area contributed by atoms with E-state index in [0.29, 0.717) is 38.5 Å². The highest BCUT2D eigenvalue weighted by molar-refractivity contribution is 7.07. The van der Waals surface area contributed by atoms with Crippen LogP contribution >= 0.6 is 11.3 Å². The third kappa shape index (κ3) is 5.45. The van der Waals surface area contributed by atoms with Crippen LogP contribution in [0.15, 0.2) is 106 Å². The Morgan fingerprint density at radius 3 is 2.51 bits per heavy atom. The van der Waals surface area contributed by atoms with E-state index in [2.05, 4.69) is 35.0 Å². The summed E-state index contributed by atoms with van der Waals surface area (Å²) >= 11 is 1.30. The van der Waals surface area contributed by atoms with Gasteiger partial charge in [-0.15, -0.1) is 0 Å². The summed E-state index contributed by atoms with van der Waals surface area (Å²) in [6, 6.07) is 25.1. The van der Waals surface area contributed by atoms with Gasteiger partial charge in [-0.2, -0.15) is 0 Å². The number of hydrogen-bond acceptors (Lipinski definition) is 7. The average Bonchev–Trinajstić information content (AvgIpc) is 3.53. The number of thiazole rings is 1. The third-order valence-electron chi connectivity index (χ3n) is 7.50. The van der Waals surface area contributed by atoms with Crippen LogP contribution < -0.4 is 19.6 Å². The first kappa shape index (κ1) is 28.4. The molecule has 1 unspecified atom stereocenters. The maximum atomic E-state index is 14.2. The number of esters is 1. The van der Waals surface area contributed by atoms with Crippen molar-refractivity contribution in [2.24, 2.45) is 4.99 Å². The largest absolute Gasteiger partial charge is 0.496 e. The van der Waals surface area contributed by atoms with E-state index in [1.807, 2.05) is 60.7 Å². The lowest BCUT2D eigenvalue weighted by Crippen LogP contribution is -2.40. The number of fused-ring (bicyclic) bond motifs is 2. The first-order valence-electron chi connectivity index (χ1n) is 13.9. The average molecular weight is 594 g/mol. The van der Waals surface area contributed by atoms with Crippen molar-refractivity contribution in [1.82, 2.24) is 9.13 Å². The minimum atomic E-state index is -0.774. The molecule has 0 spiro atoms. The summed E-state index contributed by atoms with van der Waals surface area (Å²) in [5, 5.41) is 1.05. The molecule has 0 N–H and O–H groups in total. The Morgan fingerprint density at radius 1 is 0.977 bits per heavy atom. The van der Waals surface area contributed by atoms with Gasteiger partial charge in [0.25, 0.3) is 5.56 Å². The van der Waals surface area contributed by atoms with Gasteiger partial charge < -0.3 is 18.8 Å². The second-order valence-electron chi connectivity index (χ2n) is 10.2. The van der Waals surface area contributed by atoms with E-state index >= 15 is 0 Å². The standard InChI is InChI=1S/C34H31N3O5S/c1-22-30(33(39)42-18-17-40-2)31(26-14-8-10-16-28(26)41-3)37-32(38)29(43-34(37)35-22)19-24-21-36(20-23-11-5-4-6-12-23)27-15-9-7-13-25(24)27/h4-16,19,21,31H,17-18,20H2,1-3H3. The van der Waals surface area contributed by atoms with Crippen LogP contribution in [0.2, 0.25) is 0 Å². The zero-order valence-electron chi connectivity index (χ0n) is 24.2. The van der Waals surface area contributed by atoms with Crippen molar-refractivity contribution in [1.29, 1.82) is 0 Å².